The Labute approximate surface area is 154 Å². The van der Waals surface area contributed by atoms with E-state index in [4.69, 9.17) is 4.74 Å². The number of nitrogens with one attached hydrogen (secondary N) is 1. The molecule has 1 heterocycles. The van der Waals surface area contributed by atoms with Crippen LogP contribution >= 0.6 is 0 Å². The van der Waals surface area contributed by atoms with Gasteiger partial charge in [0.2, 0.25) is 0 Å². The summed E-state index contributed by atoms with van der Waals surface area (Å²) >= 11 is 0. The standard InChI is InChI=1S/C21H24N2O3/c1-15-9-10-18(26-3)17(13-15)14-23-19(24)21(2,22-20(23)25)12-11-16-7-5-4-6-8-16/h4-10,13H,11-12,14H2,1-3H3,(H,22,25). The predicted octanol–water partition coefficient (Wildman–Crippen LogP) is 3.45. The van der Waals surface area contributed by atoms with Crippen molar-refractivity contribution in [1.82, 2.24) is 10.2 Å². The van der Waals surface area contributed by atoms with E-state index in [2.05, 4.69) is 5.32 Å². The Morgan fingerprint density at radius 1 is 1.12 bits per heavy atom. The lowest BCUT2D eigenvalue weighted by atomic mass is 9.93. The van der Waals surface area contributed by atoms with Crippen molar-refractivity contribution < 1.29 is 14.3 Å². The number of carbonyl (C=O) groups is 2. The Balaban J connectivity index is 1.75. The largest absolute Gasteiger partial charge is 0.496 e. The number of benzene rings is 2. The minimum absolute atomic E-state index is 0.193. The molecule has 1 fully saturated rings. The molecule has 1 N–H and O–H groups in total. The molecule has 0 saturated carbocycles. The summed E-state index contributed by atoms with van der Waals surface area (Å²) in [4.78, 5) is 26.7. The average molecular weight is 352 g/mol. The molecule has 136 valence electrons. The van der Waals surface area contributed by atoms with Gasteiger partial charge in [-0.15, -0.1) is 0 Å². The van der Waals surface area contributed by atoms with Gasteiger partial charge in [-0.3, -0.25) is 9.69 Å². The zero-order chi connectivity index (χ0) is 18.7. The van der Waals surface area contributed by atoms with Crippen LogP contribution in [0.1, 0.15) is 30.0 Å². The molecule has 3 amide bonds. The molecule has 5 nitrogen and oxygen atoms in total. The molecule has 1 aliphatic rings. The van der Waals surface area contributed by atoms with E-state index in [0.717, 1.165) is 23.1 Å². The Bertz CT molecular complexity index is 819. The highest BCUT2D eigenvalue weighted by Crippen LogP contribution is 2.28. The summed E-state index contributed by atoms with van der Waals surface area (Å²) < 4.78 is 5.37. The summed E-state index contributed by atoms with van der Waals surface area (Å²) in [7, 11) is 1.59. The molecular formula is C21H24N2O3. The maximum absolute atomic E-state index is 12.9. The van der Waals surface area contributed by atoms with Crippen molar-refractivity contribution in [2.75, 3.05) is 7.11 Å². The van der Waals surface area contributed by atoms with E-state index < -0.39 is 5.54 Å². The van der Waals surface area contributed by atoms with E-state index in [9.17, 15) is 9.59 Å². The van der Waals surface area contributed by atoms with Crippen LogP contribution in [0.2, 0.25) is 0 Å². The Morgan fingerprint density at radius 2 is 1.85 bits per heavy atom. The Morgan fingerprint density at radius 3 is 2.54 bits per heavy atom. The fourth-order valence-corrected chi connectivity index (χ4v) is 3.30. The number of rotatable bonds is 6. The van der Waals surface area contributed by atoms with Gasteiger partial charge in [-0.2, -0.15) is 0 Å². The highest BCUT2D eigenvalue weighted by Gasteiger charge is 2.47. The molecule has 1 unspecified atom stereocenters. The second-order valence-corrected chi connectivity index (χ2v) is 6.95. The Hall–Kier alpha value is -2.82. The molecule has 0 aromatic heterocycles. The molecule has 2 aromatic carbocycles. The lowest BCUT2D eigenvalue weighted by Crippen LogP contribution is -2.44. The minimum Gasteiger partial charge on any atom is -0.496 e. The first kappa shape index (κ1) is 18.0. The quantitative estimate of drug-likeness (QED) is 0.810. The predicted molar refractivity (Wildman–Crippen MR) is 100.0 cm³/mol. The fourth-order valence-electron chi connectivity index (χ4n) is 3.30. The molecular weight excluding hydrogens is 328 g/mol. The Kier molecular flexibility index (Phi) is 4.98. The van der Waals surface area contributed by atoms with Gasteiger partial charge in [0.15, 0.2) is 0 Å². The van der Waals surface area contributed by atoms with E-state index in [1.807, 2.05) is 55.5 Å². The summed E-state index contributed by atoms with van der Waals surface area (Å²) in [6, 6.07) is 15.4. The normalized spacial score (nSPS) is 19.6. The molecule has 1 atom stereocenters. The second kappa shape index (κ2) is 7.20. The van der Waals surface area contributed by atoms with Crippen molar-refractivity contribution in [1.29, 1.82) is 0 Å². The van der Waals surface area contributed by atoms with Gasteiger partial charge in [-0.25, -0.2) is 4.79 Å². The number of aryl methyl sites for hydroxylation is 2. The second-order valence-electron chi connectivity index (χ2n) is 6.95. The third kappa shape index (κ3) is 3.57. The summed E-state index contributed by atoms with van der Waals surface area (Å²) in [6.07, 6.45) is 1.29. The number of imide groups is 1. The third-order valence-electron chi connectivity index (χ3n) is 4.87. The van der Waals surface area contributed by atoms with Crippen molar-refractivity contribution in [2.45, 2.75) is 38.8 Å². The molecule has 3 rings (SSSR count). The van der Waals surface area contributed by atoms with Gasteiger partial charge in [-0.1, -0.05) is 48.0 Å². The summed E-state index contributed by atoms with van der Waals surface area (Å²) in [5.41, 5.74) is 2.14. The van der Waals surface area contributed by atoms with Gasteiger partial charge in [0.1, 0.15) is 11.3 Å². The minimum atomic E-state index is -0.885. The van der Waals surface area contributed by atoms with Gasteiger partial charge >= 0.3 is 6.03 Å². The summed E-state index contributed by atoms with van der Waals surface area (Å²) in [5.74, 6) is 0.482. The van der Waals surface area contributed by atoms with Crippen molar-refractivity contribution >= 4 is 11.9 Å². The zero-order valence-corrected chi connectivity index (χ0v) is 15.4. The average Bonchev–Trinajstić information content (AvgIpc) is 2.85. The van der Waals surface area contributed by atoms with Gasteiger partial charge < -0.3 is 10.1 Å². The number of ether oxygens (including phenoxy) is 1. The molecule has 26 heavy (non-hydrogen) atoms. The molecule has 0 spiro atoms. The van der Waals surface area contributed by atoms with Crippen LogP contribution in [0.15, 0.2) is 48.5 Å². The maximum Gasteiger partial charge on any atom is 0.325 e. The molecule has 0 radical (unpaired) electrons. The number of nitrogens with zero attached hydrogens (tertiary/aromatic N) is 1. The van der Waals surface area contributed by atoms with Gasteiger partial charge in [0.25, 0.3) is 5.91 Å². The monoisotopic (exact) mass is 352 g/mol. The summed E-state index contributed by atoms with van der Waals surface area (Å²) in [6.45, 7) is 3.97. The molecule has 1 saturated heterocycles. The molecule has 0 bridgehead atoms. The molecule has 5 heteroatoms. The van der Waals surface area contributed by atoms with Crippen molar-refractivity contribution in [3.05, 3.63) is 65.2 Å². The van der Waals surface area contributed by atoms with Gasteiger partial charge in [0, 0.05) is 5.56 Å². The fraction of sp³-hybridized carbons (Fsp3) is 0.333. The van der Waals surface area contributed by atoms with E-state index in [1.54, 1.807) is 14.0 Å². The van der Waals surface area contributed by atoms with Crippen LogP contribution in [0.5, 0.6) is 5.75 Å². The molecule has 0 aliphatic carbocycles. The number of amides is 3. The third-order valence-corrected chi connectivity index (χ3v) is 4.87. The van der Waals surface area contributed by atoms with Crippen molar-refractivity contribution in [3.8, 4) is 5.75 Å². The number of methoxy groups -OCH3 is 1. The number of hydrogen-bond donors (Lipinski definition) is 1. The van der Waals surface area contributed by atoms with E-state index in [0.29, 0.717) is 12.2 Å². The first-order valence-electron chi connectivity index (χ1n) is 8.74. The highest BCUT2D eigenvalue weighted by molar-refractivity contribution is 6.06. The van der Waals surface area contributed by atoms with Gasteiger partial charge in [0.05, 0.1) is 13.7 Å². The first-order chi connectivity index (χ1) is 12.4. The van der Waals surface area contributed by atoms with Crippen LogP contribution in [0.4, 0.5) is 4.79 Å². The topological polar surface area (TPSA) is 58.6 Å². The van der Waals surface area contributed by atoms with E-state index in [1.165, 1.54) is 4.90 Å². The van der Waals surface area contributed by atoms with Crippen LogP contribution in [-0.4, -0.2) is 29.5 Å². The van der Waals surface area contributed by atoms with E-state index in [-0.39, 0.29) is 18.5 Å². The smallest absolute Gasteiger partial charge is 0.325 e. The first-order valence-corrected chi connectivity index (χ1v) is 8.74. The van der Waals surface area contributed by atoms with Crippen molar-refractivity contribution in [3.63, 3.8) is 0 Å². The number of carbonyl (C=O) groups excluding carboxylic acids is 2. The summed E-state index contributed by atoms with van der Waals surface area (Å²) in [5, 5.41) is 2.87. The van der Waals surface area contributed by atoms with Crippen molar-refractivity contribution in [2.24, 2.45) is 0 Å². The van der Waals surface area contributed by atoms with Crippen LogP contribution in [0, 0.1) is 6.92 Å². The highest BCUT2D eigenvalue weighted by atomic mass is 16.5. The van der Waals surface area contributed by atoms with Crippen LogP contribution < -0.4 is 10.1 Å². The molecule has 1 aliphatic heterocycles. The lowest BCUT2D eigenvalue weighted by Gasteiger charge is -2.22. The SMILES string of the molecule is COc1ccc(C)cc1CN1C(=O)NC(C)(CCc2ccccc2)C1=O. The van der Waals surface area contributed by atoms with E-state index >= 15 is 0 Å². The van der Waals surface area contributed by atoms with Gasteiger partial charge in [-0.05, 0) is 38.3 Å². The lowest BCUT2D eigenvalue weighted by molar-refractivity contribution is -0.131. The molecule has 2 aromatic rings. The van der Waals surface area contributed by atoms with Crippen LogP contribution in [-0.2, 0) is 17.8 Å². The number of urea groups is 1. The maximum atomic E-state index is 12.9. The van der Waals surface area contributed by atoms with Crippen LogP contribution in [0.25, 0.3) is 0 Å². The zero-order valence-electron chi connectivity index (χ0n) is 15.4. The number of hydrogen-bond acceptors (Lipinski definition) is 3. The van der Waals surface area contributed by atoms with Crippen LogP contribution in [0.3, 0.4) is 0 Å².